The van der Waals surface area contributed by atoms with E-state index >= 15 is 0 Å². The lowest BCUT2D eigenvalue weighted by Crippen LogP contribution is -2.32. The number of nitrogens with two attached hydrogens (primary N) is 1. The molecule has 0 saturated heterocycles. The summed E-state index contributed by atoms with van der Waals surface area (Å²) in [4.78, 5) is 16.5. The van der Waals surface area contributed by atoms with Crippen molar-refractivity contribution in [3.63, 3.8) is 0 Å². The van der Waals surface area contributed by atoms with E-state index in [2.05, 4.69) is 39.9 Å². The number of hydrogen-bond acceptors (Lipinski definition) is 4. The van der Waals surface area contributed by atoms with E-state index in [9.17, 15) is 4.79 Å². The predicted octanol–water partition coefficient (Wildman–Crippen LogP) is 2.65. The van der Waals surface area contributed by atoms with E-state index in [1.807, 2.05) is 30.3 Å². The Morgan fingerprint density at radius 3 is 2.59 bits per heavy atom. The molecule has 5 nitrogen and oxygen atoms in total. The van der Waals surface area contributed by atoms with Crippen LogP contribution in [-0.2, 0) is 13.0 Å². The molecule has 140 valence electrons. The molecule has 3 aromatic rings. The van der Waals surface area contributed by atoms with Crippen LogP contribution in [0.15, 0.2) is 60.8 Å². The van der Waals surface area contributed by atoms with Crippen LogP contribution in [0.2, 0.25) is 0 Å². The van der Waals surface area contributed by atoms with Crippen LogP contribution < -0.4 is 16.4 Å². The minimum Gasteiger partial charge on any atom is -0.351 e. The Hall–Kier alpha value is -2.76. The summed E-state index contributed by atoms with van der Waals surface area (Å²) in [7, 11) is 0. The molecule has 0 saturated carbocycles. The van der Waals surface area contributed by atoms with E-state index < -0.39 is 0 Å². The normalized spacial score (nSPS) is 10.9. The molecular weight excluding hydrogens is 336 g/mol. The molecule has 0 fully saturated rings. The first kappa shape index (κ1) is 19.0. The number of carbonyl (C=O) groups excluding carboxylic acids is 1. The SMILES string of the molecule is NCc1ccc(CCCNCCNC(=O)c2ccc3ncccc3c2)cc1. The average Bonchev–Trinajstić information content (AvgIpc) is 2.73. The fraction of sp³-hybridized carbons (Fsp3) is 0.273. The third-order valence-corrected chi connectivity index (χ3v) is 4.53. The number of nitrogens with zero attached hydrogens (tertiary/aromatic N) is 1. The van der Waals surface area contributed by atoms with Gasteiger partial charge in [0.1, 0.15) is 0 Å². The van der Waals surface area contributed by atoms with Gasteiger partial charge in [0.15, 0.2) is 0 Å². The van der Waals surface area contributed by atoms with Gasteiger partial charge >= 0.3 is 0 Å². The second-order valence-electron chi connectivity index (χ2n) is 6.54. The van der Waals surface area contributed by atoms with Crippen LogP contribution in [0.25, 0.3) is 10.9 Å². The van der Waals surface area contributed by atoms with Crippen LogP contribution in [0.4, 0.5) is 0 Å². The van der Waals surface area contributed by atoms with E-state index in [1.54, 1.807) is 6.20 Å². The topological polar surface area (TPSA) is 80.0 Å². The summed E-state index contributed by atoms with van der Waals surface area (Å²) in [6.07, 6.45) is 3.85. The first-order valence-corrected chi connectivity index (χ1v) is 9.38. The van der Waals surface area contributed by atoms with Crippen molar-refractivity contribution in [3.8, 4) is 0 Å². The molecule has 0 aliphatic carbocycles. The summed E-state index contributed by atoms with van der Waals surface area (Å²) >= 11 is 0. The largest absolute Gasteiger partial charge is 0.351 e. The highest BCUT2D eigenvalue weighted by molar-refractivity contribution is 5.97. The average molecular weight is 362 g/mol. The molecule has 0 atom stereocenters. The van der Waals surface area contributed by atoms with E-state index in [0.717, 1.165) is 42.4 Å². The number of aryl methyl sites for hydroxylation is 1. The molecule has 0 bridgehead atoms. The van der Waals surface area contributed by atoms with Crippen LogP contribution in [-0.4, -0.2) is 30.5 Å². The summed E-state index contributed by atoms with van der Waals surface area (Å²) in [6, 6.07) is 17.9. The number of aromatic nitrogens is 1. The quantitative estimate of drug-likeness (QED) is 0.511. The van der Waals surface area contributed by atoms with Gasteiger partial charge < -0.3 is 16.4 Å². The van der Waals surface area contributed by atoms with Crippen LogP contribution in [0, 0.1) is 0 Å². The van der Waals surface area contributed by atoms with Crippen molar-refractivity contribution in [2.75, 3.05) is 19.6 Å². The van der Waals surface area contributed by atoms with Crippen LogP contribution in [0.5, 0.6) is 0 Å². The van der Waals surface area contributed by atoms with E-state index in [0.29, 0.717) is 18.7 Å². The molecule has 1 heterocycles. The predicted molar refractivity (Wildman–Crippen MR) is 110 cm³/mol. The van der Waals surface area contributed by atoms with E-state index in [4.69, 9.17) is 5.73 Å². The van der Waals surface area contributed by atoms with Gasteiger partial charge in [-0.15, -0.1) is 0 Å². The highest BCUT2D eigenvalue weighted by Crippen LogP contribution is 2.13. The number of fused-ring (bicyclic) bond motifs is 1. The second kappa shape index (κ2) is 9.80. The zero-order valence-corrected chi connectivity index (χ0v) is 15.4. The van der Waals surface area contributed by atoms with Gasteiger partial charge in [-0.1, -0.05) is 30.3 Å². The molecule has 27 heavy (non-hydrogen) atoms. The number of amides is 1. The lowest BCUT2D eigenvalue weighted by Gasteiger charge is -2.08. The number of carbonyl (C=O) groups is 1. The number of hydrogen-bond donors (Lipinski definition) is 3. The third-order valence-electron chi connectivity index (χ3n) is 4.53. The minimum atomic E-state index is -0.0532. The van der Waals surface area contributed by atoms with Gasteiger partial charge in [-0.25, -0.2) is 0 Å². The summed E-state index contributed by atoms with van der Waals surface area (Å²) in [5.41, 5.74) is 9.66. The van der Waals surface area contributed by atoms with Crippen molar-refractivity contribution in [1.29, 1.82) is 0 Å². The van der Waals surface area contributed by atoms with Crippen molar-refractivity contribution >= 4 is 16.8 Å². The Kier molecular flexibility index (Phi) is 6.90. The first-order valence-electron chi connectivity index (χ1n) is 9.38. The number of benzene rings is 2. The molecule has 0 radical (unpaired) electrons. The zero-order chi connectivity index (χ0) is 18.9. The monoisotopic (exact) mass is 362 g/mol. The number of rotatable bonds is 9. The van der Waals surface area contributed by atoms with Crippen LogP contribution >= 0.6 is 0 Å². The van der Waals surface area contributed by atoms with E-state index in [1.165, 1.54) is 5.56 Å². The van der Waals surface area contributed by atoms with Gasteiger partial charge in [0, 0.05) is 36.8 Å². The van der Waals surface area contributed by atoms with Gasteiger partial charge in [0.25, 0.3) is 5.91 Å². The highest BCUT2D eigenvalue weighted by Gasteiger charge is 2.05. The molecule has 0 aliphatic rings. The third kappa shape index (κ3) is 5.61. The maximum absolute atomic E-state index is 12.2. The Labute approximate surface area is 160 Å². The summed E-state index contributed by atoms with van der Waals surface area (Å²) in [6.45, 7) is 2.88. The Morgan fingerprint density at radius 2 is 1.78 bits per heavy atom. The van der Waals surface area contributed by atoms with Gasteiger partial charge in [0.05, 0.1) is 5.52 Å². The van der Waals surface area contributed by atoms with Gasteiger partial charge in [-0.05, 0) is 54.8 Å². The molecule has 4 N–H and O–H groups in total. The maximum Gasteiger partial charge on any atom is 0.251 e. The summed E-state index contributed by atoms with van der Waals surface area (Å²) in [5, 5.41) is 7.30. The molecular formula is C22H26N4O. The molecule has 0 spiro atoms. The Balaban J connectivity index is 1.32. The van der Waals surface area contributed by atoms with Crippen molar-refractivity contribution in [1.82, 2.24) is 15.6 Å². The van der Waals surface area contributed by atoms with Crippen LogP contribution in [0.1, 0.15) is 27.9 Å². The molecule has 0 aliphatic heterocycles. The Morgan fingerprint density at radius 1 is 0.963 bits per heavy atom. The second-order valence-corrected chi connectivity index (χ2v) is 6.54. The molecule has 5 heteroatoms. The minimum absolute atomic E-state index is 0.0532. The fourth-order valence-corrected chi connectivity index (χ4v) is 2.97. The lowest BCUT2D eigenvalue weighted by molar-refractivity contribution is 0.0954. The molecule has 1 amide bonds. The molecule has 3 rings (SSSR count). The zero-order valence-electron chi connectivity index (χ0n) is 15.4. The Bertz CT molecular complexity index is 877. The van der Waals surface area contributed by atoms with Crippen molar-refractivity contribution in [3.05, 3.63) is 77.5 Å². The fourth-order valence-electron chi connectivity index (χ4n) is 2.97. The number of nitrogens with one attached hydrogen (secondary N) is 2. The van der Waals surface area contributed by atoms with Crippen molar-refractivity contribution < 1.29 is 4.79 Å². The number of pyridine rings is 1. The van der Waals surface area contributed by atoms with Crippen molar-refractivity contribution in [2.24, 2.45) is 5.73 Å². The molecule has 0 unspecified atom stereocenters. The van der Waals surface area contributed by atoms with E-state index in [-0.39, 0.29) is 5.91 Å². The molecule has 1 aromatic heterocycles. The summed E-state index contributed by atoms with van der Waals surface area (Å²) in [5.74, 6) is -0.0532. The van der Waals surface area contributed by atoms with Gasteiger partial charge in [0.2, 0.25) is 0 Å². The summed E-state index contributed by atoms with van der Waals surface area (Å²) < 4.78 is 0. The van der Waals surface area contributed by atoms with Crippen molar-refractivity contribution in [2.45, 2.75) is 19.4 Å². The smallest absolute Gasteiger partial charge is 0.251 e. The standard InChI is InChI=1S/C22H26N4O/c23-16-18-7-5-17(6-8-18)3-1-11-24-13-14-26-22(27)20-9-10-21-19(15-20)4-2-12-25-21/h2,4-10,12,15,24H,1,3,11,13-14,16,23H2,(H,26,27). The lowest BCUT2D eigenvalue weighted by atomic mass is 10.1. The van der Waals surface area contributed by atoms with Crippen LogP contribution in [0.3, 0.4) is 0 Å². The van der Waals surface area contributed by atoms with Gasteiger partial charge in [-0.3, -0.25) is 9.78 Å². The maximum atomic E-state index is 12.2. The van der Waals surface area contributed by atoms with Gasteiger partial charge in [-0.2, -0.15) is 0 Å². The molecule has 2 aromatic carbocycles. The highest BCUT2D eigenvalue weighted by atomic mass is 16.1. The first-order chi connectivity index (χ1) is 13.3.